The Labute approximate surface area is 76.6 Å². The zero-order valence-electron chi connectivity index (χ0n) is 7.37. The fourth-order valence-electron chi connectivity index (χ4n) is 1.30. The van der Waals surface area contributed by atoms with E-state index in [-0.39, 0.29) is 0 Å². The smallest absolute Gasteiger partial charge is 0.213 e. The summed E-state index contributed by atoms with van der Waals surface area (Å²) < 4.78 is 12.8. The van der Waals surface area contributed by atoms with Crippen LogP contribution < -0.4 is 0 Å². The zero-order chi connectivity index (χ0) is 9.26. The molecule has 0 spiro atoms. The number of halogens is 1. The first-order valence-electron chi connectivity index (χ1n) is 4.28. The number of hydrogen-bond donors (Lipinski definition) is 0. The van der Waals surface area contributed by atoms with Crippen LogP contribution in [0, 0.1) is 11.9 Å². The molecule has 2 rings (SSSR count). The summed E-state index contributed by atoms with van der Waals surface area (Å²) in [4.78, 5) is 3.80. The van der Waals surface area contributed by atoms with Crippen molar-refractivity contribution in [3.63, 3.8) is 0 Å². The van der Waals surface area contributed by atoms with Crippen LogP contribution in [-0.2, 0) is 0 Å². The van der Waals surface area contributed by atoms with Crippen LogP contribution in [0.4, 0.5) is 4.39 Å². The first-order chi connectivity index (χ1) is 6.25. The predicted octanol–water partition coefficient (Wildman–Crippen LogP) is 2.90. The lowest BCUT2D eigenvalue weighted by atomic mass is 10.1. The van der Waals surface area contributed by atoms with E-state index in [2.05, 4.69) is 18.0 Å². The van der Waals surface area contributed by atoms with E-state index in [0.29, 0.717) is 11.6 Å². The van der Waals surface area contributed by atoms with Crippen molar-refractivity contribution < 1.29 is 4.39 Å². The third-order valence-electron chi connectivity index (χ3n) is 2.06. The van der Waals surface area contributed by atoms with Crippen molar-refractivity contribution in [3.05, 3.63) is 41.5 Å². The molecular formula is C11H10FN. The molecule has 1 aliphatic carbocycles. The maximum Gasteiger partial charge on any atom is 0.213 e. The number of nitrogens with zero attached hydrogens (tertiary/aromatic N) is 1. The van der Waals surface area contributed by atoms with Crippen LogP contribution in [0.25, 0.3) is 12.2 Å². The zero-order valence-corrected chi connectivity index (χ0v) is 7.37. The maximum absolute atomic E-state index is 12.8. The second-order valence-electron chi connectivity index (χ2n) is 3.19. The average Bonchev–Trinajstić information content (AvgIpc) is 2.29. The van der Waals surface area contributed by atoms with E-state index in [1.807, 2.05) is 18.2 Å². The van der Waals surface area contributed by atoms with Gasteiger partial charge in [-0.2, -0.15) is 4.39 Å². The van der Waals surface area contributed by atoms with Gasteiger partial charge < -0.3 is 0 Å². The summed E-state index contributed by atoms with van der Waals surface area (Å²) in [5, 5.41) is 0. The molecule has 0 radical (unpaired) electrons. The summed E-state index contributed by atoms with van der Waals surface area (Å²) in [6.45, 7) is 2.08. The number of hydrogen-bond acceptors (Lipinski definition) is 1. The molecule has 0 saturated carbocycles. The van der Waals surface area contributed by atoms with Crippen molar-refractivity contribution in [2.24, 2.45) is 5.92 Å². The van der Waals surface area contributed by atoms with Crippen molar-refractivity contribution in [3.8, 4) is 0 Å². The molecule has 1 unspecified atom stereocenters. The summed E-state index contributed by atoms with van der Waals surface area (Å²) in [6, 6.07) is 3.13. The van der Waals surface area contributed by atoms with E-state index in [4.69, 9.17) is 0 Å². The molecule has 66 valence electrons. The van der Waals surface area contributed by atoms with Gasteiger partial charge in [0.25, 0.3) is 0 Å². The Kier molecular flexibility index (Phi) is 1.97. The highest BCUT2D eigenvalue weighted by molar-refractivity contribution is 5.64. The topological polar surface area (TPSA) is 12.9 Å². The molecule has 0 N–H and O–H groups in total. The lowest BCUT2D eigenvalue weighted by Crippen LogP contribution is -1.89. The Morgan fingerprint density at radius 2 is 2.00 bits per heavy atom. The molecule has 1 heterocycles. The van der Waals surface area contributed by atoms with Gasteiger partial charge in [-0.05, 0) is 24.1 Å². The molecule has 0 aromatic carbocycles. The van der Waals surface area contributed by atoms with E-state index in [1.165, 1.54) is 6.07 Å². The lowest BCUT2D eigenvalue weighted by Gasteiger charge is -1.97. The van der Waals surface area contributed by atoms with E-state index in [9.17, 15) is 4.39 Å². The molecular weight excluding hydrogens is 165 g/mol. The molecule has 0 amide bonds. The highest BCUT2D eigenvalue weighted by Crippen LogP contribution is 2.17. The van der Waals surface area contributed by atoms with Gasteiger partial charge in [0.05, 0.1) is 5.69 Å². The molecule has 0 bridgehead atoms. The van der Waals surface area contributed by atoms with Gasteiger partial charge in [-0.3, -0.25) is 0 Å². The Morgan fingerprint density at radius 1 is 1.23 bits per heavy atom. The minimum absolute atomic E-state index is 0.386. The summed E-state index contributed by atoms with van der Waals surface area (Å²) in [6.07, 6.45) is 7.92. The van der Waals surface area contributed by atoms with Crippen molar-refractivity contribution in [2.75, 3.05) is 0 Å². The quantitative estimate of drug-likeness (QED) is 0.552. The van der Waals surface area contributed by atoms with Gasteiger partial charge in [0.15, 0.2) is 0 Å². The van der Waals surface area contributed by atoms with Gasteiger partial charge in [-0.1, -0.05) is 25.2 Å². The Morgan fingerprint density at radius 3 is 2.85 bits per heavy atom. The summed E-state index contributed by atoms with van der Waals surface area (Å²) in [5.74, 6) is -0.0383. The van der Waals surface area contributed by atoms with Gasteiger partial charge >= 0.3 is 0 Å². The second-order valence-corrected chi connectivity index (χ2v) is 3.19. The minimum atomic E-state index is -0.425. The van der Waals surface area contributed by atoms with Crippen LogP contribution in [0.15, 0.2) is 24.3 Å². The summed E-state index contributed by atoms with van der Waals surface area (Å²) >= 11 is 0. The second kappa shape index (κ2) is 3.13. The fourth-order valence-corrected chi connectivity index (χ4v) is 1.30. The third kappa shape index (κ3) is 1.66. The maximum atomic E-state index is 12.8. The summed E-state index contributed by atoms with van der Waals surface area (Å²) in [5.41, 5.74) is 1.68. The van der Waals surface area contributed by atoms with E-state index in [1.54, 1.807) is 6.07 Å². The number of rotatable bonds is 0. The van der Waals surface area contributed by atoms with Crippen LogP contribution >= 0.6 is 0 Å². The molecule has 13 heavy (non-hydrogen) atoms. The van der Waals surface area contributed by atoms with Crippen LogP contribution in [0.5, 0.6) is 0 Å². The standard InChI is InChI=1S/C11H10FN/c1-8-2-4-9-5-7-11(12)13-10(9)6-3-8/h2-8H,1H3. The summed E-state index contributed by atoms with van der Waals surface area (Å²) in [7, 11) is 0. The van der Waals surface area contributed by atoms with E-state index in [0.717, 1.165) is 5.56 Å². The Balaban J connectivity index is 2.53. The van der Waals surface area contributed by atoms with E-state index < -0.39 is 5.95 Å². The Bertz CT molecular complexity index is 380. The highest BCUT2D eigenvalue weighted by atomic mass is 19.1. The van der Waals surface area contributed by atoms with Crippen molar-refractivity contribution >= 4 is 12.2 Å². The SMILES string of the molecule is CC1C=Cc2ccc(F)nc2C=C1. The minimum Gasteiger partial charge on any atom is -0.220 e. The normalized spacial score (nSPS) is 19.7. The van der Waals surface area contributed by atoms with Gasteiger partial charge in [0.1, 0.15) is 0 Å². The molecule has 0 saturated heterocycles. The molecule has 1 aromatic heterocycles. The third-order valence-corrected chi connectivity index (χ3v) is 2.06. The molecule has 1 nitrogen and oxygen atoms in total. The number of fused-ring (bicyclic) bond motifs is 1. The van der Waals surface area contributed by atoms with Gasteiger partial charge in [-0.15, -0.1) is 0 Å². The Hall–Kier alpha value is -1.44. The van der Waals surface area contributed by atoms with Gasteiger partial charge in [0.2, 0.25) is 5.95 Å². The molecule has 1 atom stereocenters. The van der Waals surface area contributed by atoms with Crippen LogP contribution in [0.1, 0.15) is 18.2 Å². The first-order valence-corrected chi connectivity index (χ1v) is 4.28. The van der Waals surface area contributed by atoms with Gasteiger partial charge in [0, 0.05) is 5.56 Å². The largest absolute Gasteiger partial charge is 0.220 e. The van der Waals surface area contributed by atoms with Crippen LogP contribution in [-0.4, -0.2) is 4.98 Å². The van der Waals surface area contributed by atoms with Gasteiger partial charge in [-0.25, -0.2) is 4.98 Å². The molecule has 1 aliphatic rings. The van der Waals surface area contributed by atoms with Crippen LogP contribution in [0.2, 0.25) is 0 Å². The molecule has 0 aliphatic heterocycles. The molecule has 1 aromatic rings. The van der Waals surface area contributed by atoms with E-state index >= 15 is 0 Å². The number of aromatic nitrogens is 1. The molecule has 2 heteroatoms. The lowest BCUT2D eigenvalue weighted by molar-refractivity contribution is 0.582. The fraction of sp³-hybridized carbons (Fsp3) is 0.182. The number of pyridine rings is 1. The van der Waals surface area contributed by atoms with Crippen molar-refractivity contribution in [1.29, 1.82) is 0 Å². The van der Waals surface area contributed by atoms with Crippen molar-refractivity contribution in [1.82, 2.24) is 4.98 Å². The first kappa shape index (κ1) is 8.17. The van der Waals surface area contributed by atoms with Crippen LogP contribution in [0.3, 0.4) is 0 Å². The van der Waals surface area contributed by atoms with Crippen molar-refractivity contribution in [2.45, 2.75) is 6.92 Å². The monoisotopic (exact) mass is 175 g/mol. The average molecular weight is 175 g/mol. The highest BCUT2D eigenvalue weighted by Gasteiger charge is 2.04. The molecule has 0 fully saturated rings. The predicted molar refractivity (Wildman–Crippen MR) is 51.4 cm³/mol. The number of allylic oxidation sites excluding steroid dienone is 2.